The molecule has 0 aromatic carbocycles. The van der Waals surface area contributed by atoms with Gasteiger partial charge in [-0.3, -0.25) is 4.79 Å². The lowest BCUT2D eigenvalue weighted by molar-refractivity contribution is -0.129. The molecule has 1 rings (SSSR count). The number of hydrogen-bond donors (Lipinski definition) is 0. The predicted molar refractivity (Wildman–Crippen MR) is 57.6 cm³/mol. The van der Waals surface area contributed by atoms with Crippen molar-refractivity contribution in [2.75, 3.05) is 26.3 Å². The molecule has 16 heavy (non-hydrogen) atoms. The molecule has 90 valence electrons. The smallest absolute Gasteiger partial charge is 0.236 e. The molecule has 1 fully saturated rings. The van der Waals surface area contributed by atoms with Crippen molar-refractivity contribution in [1.29, 1.82) is 5.26 Å². The van der Waals surface area contributed by atoms with Crippen molar-refractivity contribution in [2.24, 2.45) is 0 Å². The highest BCUT2D eigenvalue weighted by atomic mass is 16.5. The number of nitriles is 1. The van der Waals surface area contributed by atoms with Gasteiger partial charge in [0.15, 0.2) is 0 Å². The molecule has 1 aliphatic heterocycles. The SMILES string of the molecule is CCO[C@H]1CN(C(=O)CC#N)C[C@@H]1OCC. The Balaban J connectivity index is 2.54. The van der Waals surface area contributed by atoms with Crippen LogP contribution in [-0.4, -0.2) is 49.3 Å². The van der Waals surface area contributed by atoms with Gasteiger partial charge < -0.3 is 14.4 Å². The maximum atomic E-state index is 11.5. The lowest BCUT2D eigenvalue weighted by atomic mass is 10.2. The molecule has 0 spiro atoms. The van der Waals surface area contributed by atoms with Gasteiger partial charge in [-0.05, 0) is 13.8 Å². The molecule has 5 heteroatoms. The highest BCUT2D eigenvalue weighted by Crippen LogP contribution is 2.17. The molecule has 0 saturated carbocycles. The molecule has 0 aliphatic carbocycles. The second-order valence-electron chi connectivity index (χ2n) is 3.62. The maximum absolute atomic E-state index is 11.5. The van der Waals surface area contributed by atoms with E-state index < -0.39 is 0 Å². The molecular weight excluding hydrogens is 208 g/mol. The van der Waals surface area contributed by atoms with Crippen LogP contribution in [0.5, 0.6) is 0 Å². The standard InChI is InChI=1S/C11H18N2O3/c1-3-15-9-7-13(11(14)5-6-12)8-10(9)16-4-2/h9-10H,3-5,7-8H2,1-2H3/t9-,10-/m0/s1. The summed E-state index contributed by atoms with van der Waals surface area (Å²) in [5.74, 6) is -0.144. The third kappa shape index (κ3) is 3.19. The van der Waals surface area contributed by atoms with Crippen LogP contribution < -0.4 is 0 Å². The van der Waals surface area contributed by atoms with Gasteiger partial charge in [-0.2, -0.15) is 5.26 Å². The molecule has 0 bridgehead atoms. The van der Waals surface area contributed by atoms with Crippen LogP contribution in [0.3, 0.4) is 0 Å². The molecule has 1 aliphatic rings. The molecule has 1 saturated heterocycles. The van der Waals surface area contributed by atoms with E-state index in [2.05, 4.69) is 0 Å². The predicted octanol–water partition coefficient (Wildman–Crippen LogP) is 0.552. The van der Waals surface area contributed by atoms with Gasteiger partial charge in [-0.25, -0.2) is 0 Å². The zero-order chi connectivity index (χ0) is 12.0. The molecule has 1 amide bonds. The number of rotatable bonds is 5. The van der Waals surface area contributed by atoms with E-state index in [1.807, 2.05) is 19.9 Å². The van der Waals surface area contributed by atoms with E-state index in [0.717, 1.165) is 0 Å². The van der Waals surface area contributed by atoms with E-state index in [0.29, 0.717) is 26.3 Å². The number of nitrogens with zero attached hydrogens (tertiary/aromatic N) is 2. The highest BCUT2D eigenvalue weighted by molar-refractivity contribution is 5.78. The Morgan fingerprint density at radius 1 is 1.31 bits per heavy atom. The summed E-state index contributed by atoms with van der Waals surface area (Å²) >= 11 is 0. The van der Waals surface area contributed by atoms with Gasteiger partial charge in [0, 0.05) is 26.3 Å². The number of carbonyl (C=O) groups is 1. The minimum atomic E-state index is -0.144. The summed E-state index contributed by atoms with van der Waals surface area (Å²) in [6.07, 6.45) is -0.197. The first-order valence-corrected chi connectivity index (χ1v) is 5.60. The van der Waals surface area contributed by atoms with Gasteiger partial charge in [0.25, 0.3) is 0 Å². The average molecular weight is 226 g/mol. The normalized spacial score (nSPS) is 24.4. The van der Waals surface area contributed by atoms with Gasteiger partial charge >= 0.3 is 0 Å². The quantitative estimate of drug-likeness (QED) is 0.687. The van der Waals surface area contributed by atoms with Crippen molar-refractivity contribution in [3.05, 3.63) is 0 Å². The van der Waals surface area contributed by atoms with Crippen LogP contribution in [0, 0.1) is 11.3 Å². The summed E-state index contributed by atoms with van der Waals surface area (Å²) in [7, 11) is 0. The topological polar surface area (TPSA) is 62.6 Å². The zero-order valence-electron chi connectivity index (χ0n) is 9.81. The highest BCUT2D eigenvalue weighted by Gasteiger charge is 2.35. The second kappa shape index (κ2) is 6.46. The zero-order valence-corrected chi connectivity index (χ0v) is 9.81. The third-order valence-electron chi connectivity index (χ3n) is 2.56. The van der Waals surface area contributed by atoms with E-state index in [4.69, 9.17) is 14.7 Å². The van der Waals surface area contributed by atoms with Gasteiger partial charge in [0.05, 0.1) is 6.07 Å². The largest absolute Gasteiger partial charge is 0.374 e. The summed E-state index contributed by atoms with van der Waals surface area (Å²) in [5.41, 5.74) is 0. The number of carbonyl (C=O) groups excluding carboxylic acids is 1. The Labute approximate surface area is 95.9 Å². The number of likely N-dealkylation sites (tertiary alicyclic amines) is 1. The maximum Gasteiger partial charge on any atom is 0.236 e. The Hall–Kier alpha value is -1.12. The van der Waals surface area contributed by atoms with Crippen LogP contribution >= 0.6 is 0 Å². The molecule has 0 radical (unpaired) electrons. The number of amides is 1. The van der Waals surface area contributed by atoms with Crippen LogP contribution in [-0.2, 0) is 14.3 Å². The van der Waals surface area contributed by atoms with Crippen LogP contribution in [0.2, 0.25) is 0 Å². The molecule has 0 N–H and O–H groups in total. The van der Waals surface area contributed by atoms with Crippen LogP contribution in [0.25, 0.3) is 0 Å². The van der Waals surface area contributed by atoms with Crippen molar-refractivity contribution in [3.8, 4) is 6.07 Å². The van der Waals surface area contributed by atoms with E-state index in [1.54, 1.807) is 4.90 Å². The first-order valence-electron chi connectivity index (χ1n) is 5.60. The van der Waals surface area contributed by atoms with Gasteiger partial charge in [0.2, 0.25) is 5.91 Å². The monoisotopic (exact) mass is 226 g/mol. The van der Waals surface area contributed by atoms with E-state index in [-0.39, 0.29) is 24.5 Å². The summed E-state index contributed by atoms with van der Waals surface area (Å²) in [4.78, 5) is 13.2. The Morgan fingerprint density at radius 3 is 2.19 bits per heavy atom. The lowest BCUT2D eigenvalue weighted by Crippen LogP contribution is -2.29. The van der Waals surface area contributed by atoms with Crippen LogP contribution in [0.1, 0.15) is 20.3 Å². The number of ether oxygens (including phenoxy) is 2. The van der Waals surface area contributed by atoms with Crippen molar-refractivity contribution in [3.63, 3.8) is 0 Å². The Bertz CT molecular complexity index is 261. The van der Waals surface area contributed by atoms with Crippen molar-refractivity contribution >= 4 is 5.91 Å². The van der Waals surface area contributed by atoms with E-state index in [1.165, 1.54) is 0 Å². The minimum Gasteiger partial charge on any atom is -0.374 e. The van der Waals surface area contributed by atoms with Crippen molar-refractivity contribution in [1.82, 2.24) is 4.90 Å². The summed E-state index contributed by atoms with van der Waals surface area (Å²) in [6, 6.07) is 1.87. The molecule has 2 atom stereocenters. The summed E-state index contributed by atoms with van der Waals surface area (Å²) < 4.78 is 11.0. The van der Waals surface area contributed by atoms with Gasteiger partial charge in [-0.1, -0.05) is 0 Å². The molecular formula is C11H18N2O3. The number of hydrogen-bond acceptors (Lipinski definition) is 4. The first-order chi connectivity index (χ1) is 7.72. The fraction of sp³-hybridized carbons (Fsp3) is 0.818. The molecule has 0 aromatic heterocycles. The molecule has 0 unspecified atom stereocenters. The van der Waals surface area contributed by atoms with Crippen molar-refractivity contribution in [2.45, 2.75) is 32.5 Å². The molecule has 5 nitrogen and oxygen atoms in total. The Kier molecular flexibility index (Phi) is 5.23. The van der Waals surface area contributed by atoms with Gasteiger partial charge in [-0.15, -0.1) is 0 Å². The molecule has 0 aromatic rings. The Morgan fingerprint density at radius 2 is 1.81 bits per heavy atom. The third-order valence-corrected chi connectivity index (χ3v) is 2.56. The van der Waals surface area contributed by atoms with E-state index in [9.17, 15) is 4.79 Å². The van der Waals surface area contributed by atoms with Gasteiger partial charge in [0.1, 0.15) is 18.6 Å². The summed E-state index contributed by atoms with van der Waals surface area (Å²) in [6.45, 7) is 6.10. The van der Waals surface area contributed by atoms with Crippen molar-refractivity contribution < 1.29 is 14.3 Å². The summed E-state index contributed by atoms with van der Waals surface area (Å²) in [5, 5.41) is 8.48. The van der Waals surface area contributed by atoms with E-state index >= 15 is 0 Å². The van der Waals surface area contributed by atoms with Crippen LogP contribution in [0.4, 0.5) is 0 Å². The first kappa shape index (κ1) is 12.9. The van der Waals surface area contributed by atoms with Crippen LogP contribution in [0.15, 0.2) is 0 Å². The minimum absolute atomic E-state index is 0.0624. The second-order valence-corrected chi connectivity index (χ2v) is 3.62. The fourth-order valence-electron chi connectivity index (χ4n) is 1.88. The fourth-order valence-corrected chi connectivity index (χ4v) is 1.88. The lowest BCUT2D eigenvalue weighted by Gasteiger charge is -2.17. The molecule has 1 heterocycles. The average Bonchev–Trinajstić information content (AvgIpc) is 2.64.